The number of aliphatic imine (C=N–C) groups is 1. The quantitative estimate of drug-likeness (QED) is 0.226. The van der Waals surface area contributed by atoms with Crippen LogP contribution in [0, 0.1) is 5.92 Å². The fraction of sp³-hybridized carbons (Fsp3) is 0.469. The second-order valence-electron chi connectivity index (χ2n) is 10.0. The van der Waals surface area contributed by atoms with Crippen molar-refractivity contribution in [1.29, 1.82) is 0 Å². The summed E-state index contributed by atoms with van der Waals surface area (Å²) in [5, 5.41) is 13.3. The van der Waals surface area contributed by atoms with E-state index in [1.54, 1.807) is 21.0 Å². The highest BCUT2D eigenvalue weighted by Crippen LogP contribution is 2.41. The Labute approximate surface area is 242 Å². The Balaban J connectivity index is 1.44. The van der Waals surface area contributed by atoms with Crippen LogP contribution >= 0.6 is 0 Å². The van der Waals surface area contributed by atoms with Gasteiger partial charge in [-0.2, -0.15) is 0 Å². The summed E-state index contributed by atoms with van der Waals surface area (Å²) in [6.07, 6.45) is 2.94. The van der Waals surface area contributed by atoms with Gasteiger partial charge in [-0.25, -0.2) is 4.79 Å². The number of hydrogen-bond acceptors (Lipinski definition) is 9. The number of methoxy groups -OCH3 is 2. The molecular formula is C32H42N2O7. The SMILES string of the molecule is COC(=O)C1C(C)=NC(C)=C(C(=O)OCCCCCCNCC(O)COc2ccccc2)C1c1cccc(OC)c1. The zero-order valence-electron chi connectivity index (χ0n) is 24.4. The van der Waals surface area contributed by atoms with Crippen molar-refractivity contribution >= 4 is 17.7 Å². The summed E-state index contributed by atoms with van der Waals surface area (Å²) in [5.74, 6) is -0.905. The van der Waals surface area contributed by atoms with Gasteiger partial charge in [-0.1, -0.05) is 43.2 Å². The molecule has 3 rings (SSSR count). The van der Waals surface area contributed by atoms with E-state index >= 15 is 0 Å². The number of benzene rings is 2. The number of nitrogens with one attached hydrogen (secondary N) is 1. The first-order chi connectivity index (χ1) is 19.8. The van der Waals surface area contributed by atoms with E-state index < -0.39 is 29.9 Å². The third-order valence-electron chi connectivity index (χ3n) is 7.00. The van der Waals surface area contributed by atoms with Gasteiger partial charge in [-0.15, -0.1) is 0 Å². The zero-order chi connectivity index (χ0) is 29.6. The summed E-state index contributed by atoms with van der Waals surface area (Å²) in [5.41, 5.74) is 2.23. The topological polar surface area (TPSA) is 116 Å². The molecule has 0 amide bonds. The Morgan fingerprint density at radius 3 is 2.44 bits per heavy atom. The molecule has 0 fully saturated rings. The molecule has 2 aromatic rings. The number of para-hydroxylation sites is 1. The largest absolute Gasteiger partial charge is 0.497 e. The number of allylic oxidation sites excluding steroid dienone is 1. The Morgan fingerprint density at radius 2 is 1.71 bits per heavy atom. The van der Waals surface area contributed by atoms with Gasteiger partial charge in [-0.05, 0) is 63.1 Å². The first-order valence-corrected chi connectivity index (χ1v) is 14.1. The lowest BCUT2D eigenvalue weighted by molar-refractivity contribution is -0.144. The summed E-state index contributed by atoms with van der Waals surface area (Å²) < 4.78 is 21.7. The summed E-state index contributed by atoms with van der Waals surface area (Å²) in [7, 11) is 2.90. The smallest absolute Gasteiger partial charge is 0.336 e. The number of hydrogen-bond donors (Lipinski definition) is 2. The maximum atomic E-state index is 13.3. The highest BCUT2D eigenvalue weighted by Gasteiger charge is 2.42. The molecule has 222 valence electrons. The second-order valence-corrected chi connectivity index (χ2v) is 10.0. The number of esters is 2. The van der Waals surface area contributed by atoms with Gasteiger partial charge < -0.3 is 29.4 Å². The molecule has 41 heavy (non-hydrogen) atoms. The van der Waals surface area contributed by atoms with E-state index in [9.17, 15) is 14.7 Å². The molecule has 0 spiro atoms. The zero-order valence-corrected chi connectivity index (χ0v) is 24.4. The average molecular weight is 567 g/mol. The molecule has 9 nitrogen and oxygen atoms in total. The summed E-state index contributed by atoms with van der Waals surface area (Å²) >= 11 is 0. The molecule has 1 aliphatic rings. The highest BCUT2D eigenvalue weighted by molar-refractivity contribution is 6.07. The number of aliphatic hydroxyl groups is 1. The van der Waals surface area contributed by atoms with Crippen molar-refractivity contribution in [3.63, 3.8) is 0 Å². The number of nitrogens with zero attached hydrogens (tertiary/aromatic N) is 1. The minimum absolute atomic E-state index is 0.238. The normalized spacial score (nSPS) is 17.4. The third-order valence-corrected chi connectivity index (χ3v) is 7.00. The molecule has 9 heteroatoms. The van der Waals surface area contributed by atoms with Gasteiger partial charge in [0.05, 0.1) is 26.4 Å². The van der Waals surface area contributed by atoms with E-state index in [0.717, 1.165) is 43.5 Å². The van der Waals surface area contributed by atoms with Gasteiger partial charge in [0.2, 0.25) is 0 Å². The Bertz CT molecular complexity index is 1200. The van der Waals surface area contributed by atoms with Crippen LogP contribution in [0.25, 0.3) is 0 Å². The number of aliphatic hydroxyl groups excluding tert-OH is 1. The fourth-order valence-electron chi connectivity index (χ4n) is 4.91. The van der Waals surface area contributed by atoms with Crippen LogP contribution < -0.4 is 14.8 Å². The molecule has 1 heterocycles. The summed E-state index contributed by atoms with van der Waals surface area (Å²) in [6, 6.07) is 16.8. The molecule has 0 aliphatic carbocycles. The van der Waals surface area contributed by atoms with Gasteiger partial charge in [0.25, 0.3) is 0 Å². The van der Waals surface area contributed by atoms with Crippen molar-refractivity contribution in [2.24, 2.45) is 10.9 Å². The number of carbonyl (C=O) groups excluding carboxylic acids is 2. The highest BCUT2D eigenvalue weighted by atomic mass is 16.5. The molecule has 1 aliphatic heterocycles. The summed E-state index contributed by atoms with van der Waals surface area (Å²) in [4.78, 5) is 30.6. The van der Waals surface area contributed by atoms with E-state index in [1.807, 2.05) is 54.6 Å². The van der Waals surface area contributed by atoms with E-state index in [0.29, 0.717) is 29.3 Å². The van der Waals surface area contributed by atoms with Crippen LogP contribution in [0.2, 0.25) is 0 Å². The number of unbranched alkanes of at least 4 members (excludes halogenated alkanes) is 3. The van der Waals surface area contributed by atoms with Gasteiger partial charge >= 0.3 is 11.9 Å². The molecule has 0 saturated heterocycles. The minimum Gasteiger partial charge on any atom is -0.497 e. The van der Waals surface area contributed by atoms with Crippen molar-refractivity contribution in [2.75, 3.05) is 40.5 Å². The van der Waals surface area contributed by atoms with E-state index in [2.05, 4.69) is 10.3 Å². The number of ether oxygens (including phenoxy) is 4. The van der Waals surface area contributed by atoms with E-state index in [1.165, 1.54) is 7.11 Å². The van der Waals surface area contributed by atoms with Gasteiger partial charge in [0, 0.05) is 23.9 Å². The van der Waals surface area contributed by atoms with Crippen LogP contribution in [0.15, 0.2) is 70.9 Å². The lowest BCUT2D eigenvalue weighted by atomic mass is 9.75. The summed E-state index contributed by atoms with van der Waals surface area (Å²) in [6.45, 7) is 5.29. The molecule has 0 aromatic heterocycles. The number of rotatable bonds is 16. The molecule has 0 saturated carbocycles. The van der Waals surface area contributed by atoms with Gasteiger partial charge in [-0.3, -0.25) is 9.79 Å². The molecule has 0 radical (unpaired) electrons. The minimum atomic E-state index is -0.741. The molecule has 2 aromatic carbocycles. The van der Waals surface area contributed by atoms with Crippen LogP contribution in [0.1, 0.15) is 51.0 Å². The average Bonchev–Trinajstić information content (AvgIpc) is 2.98. The Morgan fingerprint density at radius 1 is 0.976 bits per heavy atom. The lowest BCUT2D eigenvalue weighted by Crippen LogP contribution is -2.36. The lowest BCUT2D eigenvalue weighted by Gasteiger charge is -2.31. The predicted octanol–water partition coefficient (Wildman–Crippen LogP) is 4.45. The Kier molecular flexibility index (Phi) is 12.8. The third kappa shape index (κ3) is 9.43. The maximum Gasteiger partial charge on any atom is 0.336 e. The molecule has 3 atom stereocenters. The fourth-order valence-corrected chi connectivity index (χ4v) is 4.91. The van der Waals surface area contributed by atoms with Crippen molar-refractivity contribution in [3.8, 4) is 11.5 Å². The van der Waals surface area contributed by atoms with Crippen molar-refractivity contribution in [2.45, 2.75) is 51.6 Å². The van der Waals surface area contributed by atoms with Crippen molar-refractivity contribution in [1.82, 2.24) is 5.32 Å². The van der Waals surface area contributed by atoms with Crippen molar-refractivity contribution < 1.29 is 33.6 Å². The standard InChI is InChI=1S/C32H42N2O7/c1-22-28(31(36)39-4)30(24-13-12-16-27(19-24)38-3)29(23(2)34-22)32(37)40-18-11-6-5-10-17-33-20-25(35)21-41-26-14-8-7-9-15-26/h7-9,12-16,19,25,28,30,33,35H,5-6,10-11,17-18,20-21H2,1-4H3. The first-order valence-electron chi connectivity index (χ1n) is 14.1. The molecular weight excluding hydrogens is 524 g/mol. The molecule has 3 unspecified atom stereocenters. The Hall–Kier alpha value is -3.69. The van der Waals surface area contributed by atoms with Crippen LogP contribution in [0.5, 0.6) is 11.5 Å². The monoisotopic (exact) mass is 566 g/mol. The second kappa shape index (κ2) is 16.5. The number of carbonyl (C=O) groups is 2. The van der Waals surface area contributed by atoms with Gasteiger partial charge in [0.1, 0.15) is 30.1 Å². The predicted molar refractivity (Wildman–Crippen MR) is 157 cm³/mol. The van der Waals surface area contributed by atoms with E-state index in [-0.39, 0.29) is 13.2 Å². The van der Waals surface area contributed by atoms with Crippen LogP contribution in [-0.4, -0.2) is 69.4 Å². The van der Waals surface area contributed by atoms with Crippen LogP contribution in [0.3, 0.4) is 0 Å². The first kappa shape index (κ1) is 31.8. The molecule has 0 bridgehead atoms. The van der Waals surface area contributed by atoms with Crippen LogP contribution in [-0.2, 0) is 19.1 Å². The molecule has 2 N–H and O–H groups in total. The van der Waals surface area contributed by atoms with Crippen LogP contribution in [0.4, 0.5) is 0 Å². The van der Waals surface area contributed by atoms with Gasteiger partial charge in [0.15, 0.2) is 0 Å². The van der Waals surface area contributed by atoms with Crippen molar-refractivity contribution in [3.05, 3.63) is 71.4 Å². The maximum absolute atomic E-state index is 13.3. The van der Waals surface area contributed by atoms with E-state index in [4.69, 9.17) is 18.9 Å².